The first kappa shape index (κ1) is 17.7. The van der Waals surface area contributed by atoms with Crippen LogP contribution in [0.5, 0.6) is 5.75 Å². The Balaban J connectivity index is 2.43. The number of ether oxygens (including phenoxy) is 2. The van der Waals surface area contributed by atoms with Gasteiger partial charge in [-0.05, 0) is 30.5 Å². The van der Waals surface area contributed by atoms with E-state index in [0.29, 0.717) is 6.61 Å². The molecular formula is C18H28O3. The van der Waals surface area contributed by atoms with E-state index in [1.807, 2.05) is 30.3 Å². The topological polar surface area (TPSA) is 38.7 Å². The van der Waals surface area contributed by atoms with Gasteiger partial charge in [-0.2, -0.15) is 0 Å². The highest BCUT2D eigenvalue weighted by atomic mass is 16.5. The van der Waals surface area contributed by atoms with Crippen LogP contribution in [-0.4, -0.2) is 24.9 Å². The summed E-state index contributed by atoms with van der Waals surface area (Å²) in [6.45, 7) is 2.92. The third-order valence-electron chi connectivity index (χ3n) is 3.45. The molecule has 0 unspecified atom stereocenters. The van der Waals surface area contributed by atoms with Gasteiger partial charge in [-0.3, -0.25) is 0 Å². The lowest BCUT2D eigenvalue weighted by Gasteiger charge is -2.16. The van der Waals surface area contributed by atoms with Gasteiger partial charge in [0.15, 0.2) is 0 Å². The molecule has 0 heterocycles. The fourth-order valence-corrected chi connectivity index (χ4v) is 2.15. The molecule has 0 aliphatic heterocycles. The minimum absolute atomic E-state index is 0.0974. The van der Waals surface area contributed by atoms with E-state index in [9.17, 15) is 0 Å². The van der Waals surface area contributed by atoms with Gasteiger partial charge in [0.25, 0.3) is 0 Å². The Morgan fingerprint density at radius 2 is 1.90 bits per heavy atom. The molecule has 3 heteroatoms. The lowest BCUT2D eigenvalue weighted by molar-refractivity contribution is 0.0353. The minimum atomic E-state index is 0.0974. The van der Waals surface area contributed by atoms with Gasteiger partial charge in [-0.15, -0.1) is 0 Å². The van der Waals surface area contributed by atoms with Crippen molar-refractivity contribution in [1.82, 2.24) is 0 Å². The molecule has 1 atom stereocenters. The molecule has 1 N–H and O–H groups in total. The Morgan fingerprint density at radius 1 is 1.14 bits per heavy atom. The maximum Gasteiger partial charge on any atom is 0.118 e. The van der Waals surface area contributed by atoms with E-state index in [4.69, 9.17) is 14.6 Å². The molecule has 0 spiro atoms. The number of aliphatic hydroxyl groups is 1. The van der Waals surface area contributed by atoms with Gasteiger partial charge < -0.3 is 14.6 Å². The molecule has 0 aliphatic carbocycles. The average molecular weight is 292 g/mol. The van der Waals surface area contributed by atoms with Crippen molar-refractivity contribution in [2.45, 2.75) is 51.7 Å². The zero-order valence-corrected chi connectivity index (χ0v) is 13.3. The number of hydrogen-bond donors (Lipinski definition) is 1. The van der Waals surface area contributed by atoms with E-state index in [2.05, 4.69) is 6.92 Å². The number of benzene rings is 1. The fraction of sp³-hybridized carbons (Fsp3) is 0.556. The molecule has 0 aliphatic rings. The largest absolute Gasteiger partial charge is 0.497 e. The molecule has 0 bridgehead atoms. The molecule has 0 saturated carbocycles. The first-order valence-electron chi connectivity index (χ1n) is 7.80. The van der Waals surface area contributed by atoms with Gasteiger partial charge in [0, 0.05) is 0 Å². The Kier molecular flexibility index (Phi) is 9.58. The van der Waals surface area contributed by atoms with Gasteiger partial charge in [0.2, 0.25) is 0 Å². The second-order valence-corrected chi connectivity index (χ2v) is 5.17. The van der Waals surface area contributed by atoms with Crippen molar-refractivity contribution in [2.24, 2.45) is 0 Å². The number of aliphatic hydroxyl groups excluding tert-OH is 1. The molecule has 1 aromatic rings. The number of methoxy groups -OCH3 is 1. The molecule has 0 amide bonds. The van der Waals surface area contributed by atoms with Crippen LogP contribution in [0.2, 0.25) is 0 Å². The van der Waals surface area contributed by atoms with E-state index in [1.165, 1.54) is 19.3 Å². The summed E-state index contributed by atoms with van der Waals surface area (Å²) >= 11 is 0. The Hall–Kier alpha value is -1.32. The monoisotopic (exact) mass is 292 g/mol. The molecule has 118 valence electrons. The van der Waals surface area contributed by atoms with Crippen molar-refractivity contribution < 1.29 is 14.6 Å². The van der Waals surface area contributed by atoms with Crippen molar-refractivity contribution in [3.63, 3.8) is 0 Å². The lowest BCUT2D eigenvalue weighted by atomic mass is 10.1. The molecule has 3 nitrogen and oxygen atoms in total. The maximum atomic E-state index is 8.81. The van der Waals surface area contributed by atoms with Gasteiger partial charge in [0.1, 0.15) is 5.75 Å². The van der Waals surface area contributed by atoms with Gasteiger partial charge in [-0.1, -0.05) is 50.5 Å². The predicted molar refractivity (Wildman–Crippen MR) is 86.6 cm³/mol. The van der Waals surface area contributed by atoms with E-state index < -0.39 is 0 Å². The number of hydrogen-bond acceptors (Lipinski definition) is 3. The second-order valence-electron chi connectivity index (χ2n) is 5.17. The third kappa shape index (κ3) is 7.88. The van der Waals surface area contributed by atoms with Crippen LogP contribution in [0.3, 0.4) is 0 Å². The molecule has 0 fully saturated rings. The SMILES string of the molecule is CCCCC[C@H](C/C=C/CO)OCc1ccc(OC)cc1. The van der Waals surface area contributed by atoms with Crippen LogP contribution in [0.1, 0.15) is 44.6 Å². The van der Waals surface area contributed by atoms with Crippen LogP contribution in [0, 0.1) is 0 Å². The van der Waals surface area contributed by atoms with Crippen molar-refractivity contribution in [1.29, 1.82) is 0 Å². The summed E-state index contributed by atoms with van der Waals surface area (Å²) in [5.74, 6) is 0.865. The number of rotatable bonds is 11. The van der Waals surface area contributed by atoms with E-state index in [0.717, 1.165) is 24.2 Å². The molecule has 21 heavy (non-hydrogen) atoms. The highest BCUT2D eigenvalue weighted by molar-refractivity contribution is 5.26. The second kappa shape index (κ2) is 11.4. The van der Waals surface area contributed by atoms with Crippen molar-refractivity contribution in [3.05, 3.63) is 42.0 Å². The van der Waals surface area contributed by atoms with E-state index >= 15 is 0 Å². The Morgan fingerprint density at radius 3 is 2.52 bits per heavy atom. The van der Waals surface area contributed by atoms with Crippen molar-refractivity contribution in [3.8, 4) is 5.75 Å². The minimum Gasteiger partial charge on any atom is -0.497 e. The van der Waals surface area contributed by atoms with E-state index in [1.54, 1.807) is 13.2 Å². The summed E-state index contributed by atoms with van der Waals surface area (Å²) in [4.78, 5) is 0. The van der Waals surface area contributed by atoms with Crippen LogP contribution in [0.15, 0.2) is 36.4 Å². The fourth-order valence-electron chi connectivity index (χ4n) is 2.15. The zero-order chi connectivity index (χ0) is 15.3. The molecule has 1 aromatic carbocycles. The average Bonchev–Trinajstić information content (AvgIpc) is 2.53. The van der Waals surface area contributed by atoms with Crippen molar-refractivity contribution in [2.75, 3.05) is 13.7 Å². The Labute approximate surface area is 128 Å². The zero-order valence-electron chi connectivity index (χ0n) is 13.3. The van der Waals surface area contributed by atoms with Crippen LogP contribution in [-0.2, 0) is 11.3 Å². The maximum absolute atomic E-state index is 8.81. The van der Waals surface area contributed by atoms with Crippen LogP contribution >= 0.6 is 0 Å². The summed E-state index contributed by atoms with van der Waals surface area (Å²) in [7, 11) is 1.67. The third-order valence-corrected chi connectivity index (χ3v) is 3.45. The van der Waals surface area contributed by atoms with Gasteiger partial charge in [0.05, 0.1) is 26.4 Å². The summed E-state index contributed by atoms with van der Waals surface area (Å²) in [5.41, 5.74) is 1.16. The Bertz CT molecular complexity index is 384. The molecule has 0 aromatic heterocycles. The van der Waals surface area contributed by atoms with Crippen LogP contribution in [0.4, 0.5) is 0 Å². The van der Waals surface area contributed by atoms with Gasteiger partial charge in [-0.25, -0.2) is 0 Å². The van der Waals surface area contributed by atoms with Crippen molar-refractivity contribution >= 4 is 0 Å². The lowest BCUT2D eigenvalue weighted by Crippen LogP contribution is -2.12. The highest BCUT2D eigenvalue weighted by Crippen LogP contribution is 2.16. The summed E-state index contributed by atoms with van der Waals surface area (Å²) < 4.78 is 11.2. The molecular weight excluding hydrogens is 264 g/mol. The normalized spacial score (nSPS) is 12.7. The first-order chi connectivity index (χ1) is 10.3. The van der Waals surface area contributed by atoms with Crippen LogP contribution in [0.25, 0.3) is 0 Å². The smallest absolute Gasteiger partial charge is 0.118 e. The summed E-state index contributed by atoms with van der Waals surface area (Å²) in [6.07, 6.45) is 9.59. The highest BCUT2D eigenvalue weighted by Gasteiger charge is 2.07. The quantitative estimate of drug-likeness (QED) is 0.493. The molecule has 0 saturated heterocycles. The standard InChI is InChI=1S/C18H28O3/c1-3-4-5-8-18(9-6-7-14-19)21-15-16-10-12-17(20-2)13-11-16/h6-7,10-13,18-19H,3-5,8-9,14-15H2,1-2H3/b7-6+/t18-/m1/s1. The number of unbranched alkanes of at least 4 members (excludes halogenated alkanes) is 2. The van der Waals surface area contributed by atoms with Gasteiger partial charge >= 0.3 is 0 Å². The van der Waals surface area contributed by atoms with Crippen LogP contribution < -0.4 is 4.74 Å². The summed E-state index contributed by atoms with van der Waals surface area (Å²) in [6, 6.07) is 7.98. The molecule has 1 rings (SSSR count). The molecule has 0 radical (unpaired) electrons. The van der Waals surface area contributed by atoms with E-state index in [-0.39, 0.29) is 12.7 Å². The summed E-state index contributed by atoms with van der Waals surface area (Å²) in [5, 5.41) is 8.81. The first-order valence-corrected chi connectivity index (χ1v) is 7.80. The predicted octanol–water partition coefficient (Wildman–Crippen LogP) is 4.10.